The molecule has 1 aliphatic rings. The Morgan fingerprint density at radius 3 is 2.91 bits per heavy atom. The van der Waals surface area contributed by atoms with Crippen LogP contribution in [0.25, 0.3) is 0 Å². The van der Waals surface area contributed by atoms with Crippen molar-refractivity contribution in [1.82, 2.24) is 15.1 Å². The summed E-state index contributed by atoms with van der Waals surface area (Å²) >= 11 is 1.64. The highest BCUT2D eigenvalue weighted by atomic mass is 32.2. The molecule has 1 saturated heterocycles. The summed E-state index contributed by atoms with van der Waals surface area (Å²) in [5, 5.41) is 6.67. The third kappa shape index (κ3) is 3.48. The predicted molar refractivity (Wildman–Crippen MR) is 88.4 cm³/mol. The molecule has 0 bridgehead atoms. The van der Waals surface area contributed by atoms with Crippen LogP contribution in [0.3, 0.4) is 0 Å². The smallest absolute Gasteiger partial charge is 0.227 e. The maximum atomic E-state index is 12.4. The lowest BCUT2D eigenvalue weighted by molar-refractivity contribution is -0.129. The first-order valence-electron chi connectivity index (χ1n) is 7.41. The number of aryl methyl sites for hydroxylation is 1. The van der Waals surface area contributed by atoms with Crippen molar-refractivity contribution in [3.8, 4) is 0 Å². The van der Waals surface area contributed by atoms with E-state index in [9.17, 15) is 13.2 Å². The molecule has 0 aliphatic carbocycles. The second-order valence-electron chi connectivity index (χ2n) is 5.93. The summed E-state index contributed by atoms with van der Waals surface area (Å²) < 4.78 is 23.6. The number of aromatic amines is 1. The molecule has 1 atom stereocenters. The van der Waals surface area contributed by atoms with Gasteiger partial charge in [0.2, 0.25) is 5.91 Å². The van der Waals surface area contributed by atoms with Crippen LogP contribution in [0.1, 0.15) is 27.8 Å². The monoisotopic (exact) mass is 353 g/mol. The Bertz CT molecular complexity index is 823. The number of rotatable bonds is 4. The van der Waals surface area contributed by atoms with Gasteiger partial charge in [0.05, 0.1) is 18.3 Å². The maximum absolute atomic E-state index is 12.4. The molecule has 1 aliphatic heterocycles. The minimum atomic E-state index is -3.31. The van der Waals surface area contributed by atoms with E-state index in [-0.39, 0.29) is 16.7 Å². The highest BCUT2D eigenvalue weighted by molar-refractivity contribution is 7.90. The zero-order valence-electron chi connectivity index (χ0n) is 13.1. The average Bonchev–Trinajstić information content (AvgIpc) is 3.15. The molecule has 2 aromatic heterocycles. The van der Waals surface area contributed by atoms with E-state index >= 15 is 0 Å². The number of likely N-dealkylation sites (tertiary alicyclic amines) is 1. The zero-order valence-corrected chi connectivity index (χ0v) is 14.7. The van der Waals surface area contributed by atoms with Crippen molar-refractivity contribution in [1.29, 1.82) is 0 Å². The van der Waals surface area contributed by atoms with Crippen molar-refractivity contribution in [3.63, 3.8) is 0 Å². The first-order chi connectivity index (χ1) is 10.8. The van der Waals surface area contributed by atoms with Crippen LogP contribution in [0.15, 0.2) is 23.2 Å². The van der Waals surface area contributed by atoms with E-state index in [2.05, 4.69) is 10.2 Å². The second-order valence-corrected chi connectivity index (χ2v) is 9.29. The van der Waals surface area contributed by atoms with Crippen molar-refractivity contribution in [2.45, 2.75) is 30.6 Å². The molecule has 3 heterocycles. The Hall–Kier alpha value is -1.67. The van der Waals surface area contributed by atoms with Crippen LogP contribution >= 0.6 is 11.3 Å². The van der Waals surface area contributed by atoms with Gasteiger partial charge in [-0.05, 0) is 25.5 Å². The molecule has 0 aromatic carbocycles. The van der Waals surface area contributed by atoms with Gasteiger partial charge in [-0.15, -0.1) is 11.3 Å². The van der Waals surface area contributed by atoms with Crippen LogP contribution in [0.4, 0.5) is 0 Å². The van der Waals surface area contributed by atoms with E-state index in [1.165, 1.54) is 17.3 Å². The number of H-pyrrole nitrogens is 1. The maximum Gasteiger partial charge on any atom is 0.227 e. The van der Waals surface area contributed by atoms with Gasteiger partial charge in [0, 0.05) is 35.0 Å². The molecule has 1 fully saturated rings. The number of nitrogens with one attached hydrogen (secondary N) is 1. The largest absolute Gasteiger partial charge is 0.342 e. The van der Waals surface area contributed by atoms with Crippen LogP contribution in [-0.2, 0) is 21.1 Å². The number of carbonyl (C=O) groups is 1. The van der Waals surface area contributed by atoms with E-state index in [1.807, 2.05) is 24.0 Å². The number of nitrogens with zero attached hydrogens (tertiary/aromatic N) is 2. The molecule has 2 aromatic rings. The van der Waals surface area contributed by atoms with Gasteiger partial charge in [0.1, 0.15) is 4.90 Å². The van der Waals surface area contributed by atoms with Crippen molar-refractivity contribution in [3.05, 3.63) is 33.8 Å². The second kappa shape index (κ2) is 6.09. The molecule has 0 radical (unpaired) electrons. The highest BCUT2D eigenvalue weighted by Gasteiger charge is 2.31. The van der Waals surface area contributed by atoms with Gasteiger partial charge < -0.3 is 4.90 Å². The lowest BCUT2D eigenvalue weighted by Crippen LogP contribution is -2.29. The Balaban J connectivity index is 1.69. The predicted octanol–water partition coefficient (Wildman–Crippen LogP) is 1.74. The van der Waals surface area contributed by atoms with Crippen molar-refractivity contribution < 1.29 is 13.2 Å². The Morgan fingerprint density at radius 2 is 2.26 bits per heavy atom. The topological polar surface area (TPSA) is 83.1 Å². The summed E-state index contributed by atoms with van der Waals surface area (Å²) in [7, 11) is -3.31. The van der Waals surface area contributed by atoms with Gasteiger partial charge in [-0.3, -0.25) is 9.89 Å². The number of hydrogen-bond donors (Lipinski definition) is 1. The Kier molecular flexibility index (Phi) is 4.29. The number of thiophene rings is 1. The van der Waals surface area contributed by atoms with Gasteiger partial charge in [0.25, 0.3) is 0 Å². The Morgan fingerprint density at radius 1 is 1.48 bits per heavy atom. The average molecular weight is 353 g/mol. The number of carbonyl (C=O) groups excluding carboxylic acids is 1. The molecule has 0 spiro atoms. The van der Waals surface area contributed by atoms with Crippen LogP contribution in [0, 0.1) is 6.92 Å². The summed E-state index contributed by atoms with van der Waals surface area (Å²) in [5.41, 5.74) is 0.620. The molecular weight excluding hydrogens is 334 g/mol. The molecular formula is C15H19N3O3S2. The Labute approximate surface area is 139 Å². The molecule has 1 unspecified atom stereocenters. The quantitative estimate of drug-likeness (QED) is 0.907. The fourth-order valence-electron chi connectivity index (χ4n) is 2.94. The minimum Gasteiger partial charge on any atom is -0.342 e. The van der Waals surface area contributed by atoms with E-state index in [0.29, 0.717) is 25.2 Å². The molecule has 6 nitrogen and oxygen atoms in total. The molecule has 1 amide bonds. The van der Waals surface area contributed by atoms with Crippen LogP contribution in [0.2, 0.25) is 0 Å². The lowest BCUT2D eigenvalue weighted by atomic mass is 10.1. The minimum absolute atomic E-state index is 0.00348. The number of amides is 1. The number of aromatic nitrogens is 2. The molecule has 1 N–H and O–H groups in total. The van der Waals surface area contributed by atoms with Gasteiger partial charge in [-0.2, -0.15) is 5.10 Å². The van der Waals surface area contributed by atoms with Gasteiger partial charge in [-0.25, -0.2) is 8.42 Å². The molecule has 124 valence electrons. The molecule has 0 saturated carbocycles. The number of sulfone groups is 1. The van der Waals surface area contributed by atoms with Crippen molar-refractivity contribution in [2.24, 2.45) is 0 Å². The van der Waals surface area contributed by atoms with Crippen LogP contribution < -0.4 is 0 Å². The van der Waals surface area contributed by atoms with Gasteiger partial charge in [0.15, 0.2) is 9.84 Å². The standard InChI is InChI=1S/C15H19N3O3S2/c1-10-3-4-12(22-10)7-14(19)18-6-5-11(9-18)15-13(8-16-17-15)23(2,20)21/h3-4,8,11H,5-7,9H2,1-2H3,(H,16,17). The highest BCUT2D eigenvalue weighted by Crippen LogP contribution is 2.30. The van der Waals surface area contributed by atoms with E-state index in [0.717, 1.165) is 11.3 Å². The summed E-state index contributed by atoms with van der Waals surface area (Å²) in [6.07, 6.45) is 3.69. The third-order valence-corrected chi connectivity index (χ3v) is 6.23. The van der Waals surface area contributed by atoms with Crippen LogP contribution in [-0.4, -0.2) is 48.8 Å². The summed E-state index contributed by atoms with van der Waals surface area (Å²) in [6, 6.07) is 4.01. The van der Waals surface area contributed by atoms with Crippen molar-refractivity contribution in [2.75, 3.05) is 19.3 Å². The van der Waals surface area contributed by atoms with E-state index in [4.69, 9.17) is 0 Å². The lowest BCUT2D eigenvalue weighted by Gasteiger charge is -2.16. The van der Waals surface area contributed by atoms with Gasteiger partial charge >= 0.3 is 0 Å². The molecule has 8 heteroatoms. The first kappa shape index (κ1) is 16.2. The van der Waals surface area contributed by atoms with Crippen molar-refractivity contribution >= 4 is 27.1 Å². The normalized spacial score (nSPS) is 18.5. The summed E-state index contributed by atoms with van der Waals surface area (Å²) in [6.45, 7) is 3.21. The SMILES string of the molecule is Cc1ccc(CC(=O)N2CCC(c3[nH]ncc3S(C)(=O)=O)C2)s1. The summed E-state index contributed by atoms with van der Waals surface area (Å²) in [5.74, 6) is 0.0889. The summed E-state index contributed by atoms with van der Waals surface area (Å²) in [4.78, 5) is 16.7. The molecule has 23 heavy (non-hydrogen) atoms. The molecule has 3 rings (SSSR count). The van der Waals surface area contributed by atoms with Crippen LogP contribution in [0.5, 0.6) is 0 Å². The zero-order chi connectivity index (χ0) is 16.6. The van der Waals surface area contributed by atoms with Gasteiger partial charge in [-0.1, -0.05) is 0 Å². The fraction of sp³-hybridized carbons (Fsp3) is 0.467. The number of hydrogen-bond acceptors (Lipinski definition) is 5. The van der Waals surface area contributed by atoms with E-state index in [1.54, 1.807) is 11.3 Å². The van der Waals surface area contributed by atoms with E-state index < -0.39 is 9.84 Å². The first-order valence-corrected chi connectivity index (χ1v) is 10.1. The third-order valence-electron chi connectivity index (χ3n) is 4.10. The fourth-order valence-corrected chi connectivity index (χ4v) is 4.67.